The Balaban J connectivity index is 1.71. The Hall–Kier alpha value is -2.69. The van der Waals surface area contributed by atoms with Gasteiger partial charge < -0.3 is 20.3 Å². The van der Waals surface area contributed by atoms with E-state index in [0.29, 0.717) is 25.8 Å². The quantitative estimate of drug-likeness (QED) is 0.686. The highest BCUT2D eigenvalue weighted by Crippen LogP contribution is 2.24. The first-order valence-electron chi connectivity index (χ1n) is 7.49. The van der Waals surface area contributed by atoms with Crippen LogP contribution in [0.25, 0.3) is 0 Å². The fraction of sp³-hybridized carbons (Fsp3) is 0.278. The number of rotatable bonds is 7. The minimum Gasteiger partial charge on any atom is -0.504 e. The molecule has 2 aromatic carbocycles. The van der Waals surface area contributed by atoms with Gasteiger partial charge >= 0.3 is 0 Å². The van der Waals surface area contributed by atoms with E-state index in [1.807, 2.05) is 24.3 Å². The first-order chi connectivity index (χ1) is 11.1. The molecule has 3 N–H and O–H groups in total. The third-order valence-electron chi connectivity index (χ3n) is 3.58. The first-order valence-corrected chi connectivity index (χ1v) is 7.49. The summed E-state index contributed by atoms with van der Waals surface area (Å²) in [5.41, 5.74) is 1.94. The summed E-state index contributed by atoms with van der Waals surface area (Å²) in [6.07, 6.45) is 1.70. The predicted octanol–water partition coefficient (Wildman–Crippen LogP) is 2.40. The molecule has 2 rings (SSSR count). The van der Waals surface area contributed by atoms with Crippen LogP contribution in [-0.2, 0) is 17.6 Å². The molecule has 23 heavy (non-hydrogen) atoms. The van der Waals surface area contributed by atoms with Gasteiger partial charge in [-0.2, -0.15) is 0 Å². The molecule has 0 atom stereocenters. The Morgan fingerprint density at radius 2 is 1.70 bits per heavy atom. The van der Waals surface area contributed by atoms with Gasteiger partial charge in [-0.25, -0.2) is 0 Å². The van der Waals surface area contributed by atoms with Crippen LogP contribution in [-0.4, -0.2) is 29.8 Å². The summed E-state index contributed by atoms with van der Waals surface area (Å²) in [5.74, 6) is 0.504. The van der Waals surface area contributed by atoms with Crippen LogP contribution in [0.15, 0.2) is 42.5 Å². The number of hydrogen-bond donors (Lipinski definition) is 3. The molecule has 0 radical (unpaired) electrons. The smallest absolute Gasteiger partial charge is 0.220 e. The Bertz CT molecular complexity index is 653. The fourth-order valence-corrected chi connectivity index (χ4v) is 2.21. The van der Waals surface area contributed by atoms with Gasteiger partial charge in [0.25, 0.3) is 0 Å². The van der Waals surface area contributed by atoms with E-state index in [4.69, 9.17) is 4.74 Å². The van der Waals surface area contributed by atoms with Gasteiger partial charge in [0.15, 0.2) is 11.5 Å². The summed E-state index contributed by atoms with van der Waals surface area (Å²) >= 11 is 0. The number of amides is 1. The summed E-state index contributed by atoms with van der Waals surface area (Å²) in [7, 11) is 1.62. The van der Waals surface area contributed by atoms with Crippen molar-refractivity contribution < 1.29 is 19.7 Å². The molecule has 5 nitrogen and oxygen atoms in total. The van der Waals surface area contributed by atoms with Gasteiger partial charge in [0.05, 0.1) is 7.11 Å². The van der Waals surface area contributed by atoms with Crippen LogP contribution >= 0.6 is 0 Å². The molecular weight excluding hydrogens is 294 g/mol. The maximum atomic E-state index is 11.8. The van der Waals surface area contributed by atoms with E-state index in [1.165, 1.54) is 12.1 Å². The van der Waals surface area contributed by atoms with Gasteiger partial charge in [-0.3, -0.25) is 4.79 Å². The SMILES string of the molecule is COc1ccc(CCC(=O)NCCc2ccc(O)c(O)c2)cc1. The van der Waals surface area contributed by atoms with Crippen LogP contribution in [0.1, 0.15) is 17.5 Å². The Kier molecular flexibility index (Phi) is 5.86. The number of methoxy groups -OCH3 is 1. The molecule has 0 fully saturated rings. The summed E-state index contributed by atoms with van der Waals surface area (Å²) in [6.45, 7) is 0.492. The lowest BCUT2D eigenvalue weighted by molar-refractivity contribution is -0.121. The van der Waals surface area contributed by atoms with Crippen molar-refractivity contribution >= 4 is 5.91 Å². The zero-order valence-electron chi connectivity index (χ0n) is 13.1. The average Bonchev–Trinajstić information content (AvgIpc) is 2.56. The van der Waals surface area contributed by atoms with E-state index in [9.17, 15) is 15.0 Å². The maximum Gasteiger partial charge on any atom is 0.220 e. The summed E-state index contributed by atoms with van der Waals surface area (Å²) in [5, 5.41) is 21.5. The van der Waals surface area contributed by atoms with E-state index in [2.05, 4.69) is 5.32 Å². The number of aromatic hydroxyl groups is 2. The number of benzene rings is 2. The van der Waals surface area contributed by atoms with Crippen molar-refractivity contribution in [2.24, 2.45) is 0 Å². The Morgan fingerprint density at radius 3 is 2.35 bits per heavy atom. The minimum absolute atomic E-state index is 0.0104. The summed E-state index contributed by atoms with van der Waals surface area (Å²) in [4.78, 5) is 11.8. The topological polar surface area (TPSA) is 78.8 Å². The molecule has 0 aliphatic carbocycles. The molecule has 0 aromatic heterocycles. The lowest BCUT2D eigenvalue weighted by atomic mass is 10.1. The molecule has 5 heteroatoms. The summed E-state index contributed by atoms with van der Waals surface area (Å²) in [6, 6.07) is 12.3. The van der Waals surface area contributed by atoms with Crippen molar-refractivity contribution in [1.82, 2.24) is 5.32 Å². The van der Waals surface area contributed by atoms with Crippen LogP contribution < -0.4 is 10.1 Å². The van der Waals surface area contributed by atoms with E-state index >= 15 is 0 Å². The normalized spacial score (nSPS) is 10.3. The number of hydrogen-bond acceptors (Lipinski definition) is 4. The number of ether oxygens (including phenoxy) is 1. The monoisotopic (exact) mass is 315 g/mol. The third kappa shape index (κ3) is 5.21. The van der Waals surface area contributed by atoms with Crippen LogP contribution in [0, 0.1) is 0 Å². The second-order valence-electron chi connectivity index (χ2n) is 5.27. The highest BCUT2D eigenvalue weighted by Gasteiger charge is 2.04. The van der Waals surface area contributed by atoms with Crippen LogP contribution in [0.2, 0.25) is 0 Å². The molecular formula is C18H21NO4. The van der Waals surface area contributed by atoms with Gasteiger partial charge in [0, 0.05) is 13.0 Å². The second-order valence-corrected chi connectivity index (χ2v) is 5.27. The zero-order chi connectivity index (χ0) is 16.7. The summed E-state index contributed by atoms with van der Waals surface area (Å²) < 4.78 is 5.09. The van der Waals surface area contributed by atoms with Gasteiger partial charge in [0.1, 0.15) is 5.75 Å². The molecule has 0 unspecified atom stereocenters. The average molecular weight is 315 g/mol. The van der Waals surface area contributed by atoms with Crippen molar-refractivity contribution in [1.29, 1.82) is 0 Å². The van der Waals surface area contributed by atoms with Crippen molar-refractivity contribution in [3.8, 4) is 17.2 Å². The van der Waals surface area contributed by atoms with E-state index < -0.39 is 0 Å². The number of phenols is 2. The fourth-order valence-electron chi connectivity index (χ4n) is 2.21. The number of phenolic OH excluding ortho intramolecular Hbond substituents is 2. The lowest BCUT2D eigenvalue weighted by Crippen LogP contribution is -2.25. The molecule has 0 heterocycles. The molecule has 0 spiro atoms. The van der Waals surface area contributed by atoms with E-state index in [0.717, 1.165) is 16.9 Å². The highest BCUT2D eigenvalue weighted by atomic mass is 16.5. The Morgan fingerprint density at radius 1 is 1.00 bits per heavy atom. The first kappa shape index (κ1) is 16.7. The molecule has 0 aliphatic rings. The molecule has 2 aromatic rings. The van der Waals surface area contributed by atoms with Crippen LogP contribution in [0.4, 0.5) is 0 Å². The van der Waals surface area contributed by atoms with Gasteiger partial charge in [-0.15, -0.1) is 0 Å². The minimum atomic E-state index is -0.145. The predicted molar refractivity (Wildman–Crippen MR) is 87.8 cm³/mol. The van der Waals surface area contributed by atoms with Crippen molar-refractivity contribution in [2.45, 2.75) is 19.3 Å². The van der Waals surface area contributed by atoms with Crippen molar-refractivity contribution in [3.05, 3.63) is 53.6 Å². The van der Waals surface area contributed by atoms with Gasteiger partial charge in [-0.1, -0.05) is 18.2 Å². The lowest BCUT2D eigenvalue weighted by Gasteiger charge is -2.07. The zero-order valence-corrected chi connectivity index (χ0v) is 13.1. The highest BCUT2D eigenvalue weighted by molar-refractivity contribution is 5.76. The molecule has 0 saturated heterocycles. The van der Waals surface area contributed by atoms with E-state index in [1.54, 1.807) is 13.2 Å². The number of carbonyl (C=O) groups excluding carboxylic acids is 1. The number of carbonyl (C=O) groups is 1. The molecule has 122 valence electrons. The van der Waals surface area contributed by atoms with Gasteiger partial charge in [0.2, 0.25) is 5.91 Å². The third-order valence-corrected chi connectivity index (χ3v) is 3.58. The van der Waals surface area contributed by atoms with Crippen LogP contribution in [0.3, 0.4) is 0 Å². The molecule has 0 bridgehead atoms. The van der Waals surface area contributed by atoms with Crippen molar-refractivity contribution in [2.75, 3.05) is 13.7 Å². The number of nitrogens with one attached hydrogen (secondary N) is 1. The molecule has 0 aliphatic heterocycles. The van der Waals surface area contributed by atoms with Crippen molar-refractivity contribution in [3.63, 3.8) is 0 Å². The Labute approximate surface area is 135 Å². The number of aryl methyl sites for hydroxylation is 1. The van der Waals surface area contributed by atoms with Crippen LogP contribution in [0.5, 0.6) is 17.2 Å². The van der Waals surface area contributed by atoms with E-state index in [-0.39, 0.29) is 17.4 Å². The largest absolute Gasteiger partial charge is 0.504 e. The second kappa shape index (κ2) is 8.08. The van der Waals surface area contributed by atoms with Gasteiger partial charge in [-0.05, 0) is 48.2 Å². The maximum absolute atomic E-state index is 11.8. The molecule has 0 saturated carbocycles. The molecule has 1 amide bonds. The standard InChI is InChI=1S/C18H21NO4/c1-23-15-6-2-13(3-7-15)5-9-18(22)19-11-10-14-4-8-16(20)17(21)12-14/h2-4,6-8,12,20-21H,5,9-11H2,1H3,(H,19,22).